The molecular weight excluding hydrogens is 326 g/mol. The van der Waals surface area contributed by atoms with Gasteiger partial charge in [-0.25, -0.2) is 8.78 Å². The van der Waals surface area contributed by atoms with E-state index in [0.29, 0.717) is 0 Å². The number of carbonyl (C=O) groups is 2. The standard InChI is InChI=1S/C19H18F2N2O2/c20-15-7-3-1-5-13(15)18(24)22-11-17(12-9-10-12)23-19(25)14-6-2-4-8-16(14)21/h1-8,12,17H,9-11H2,(H,22,24)(H,23,25)/t17-/m0/s1. The van der Waals surface area contributed by atoms with Crippen molar-refractivity contribution in [1.82, 2.24) is 10.6 Å². The molecule has 0 aromatic heterocycles. The third-order valence-electron chi connectivity index (χ3n) is 4.23. The highest BCUT2D eigenvalue weighted by atomic mass is 19.1. The lowest BCUT2D eigenvalue weighted by molar-refractivity contribution is 0.0899. The molecule has 4 nitrogen and oxygen atoms in total. The molecule has 2 N–H and O–H groups in total. The first-order valence-electron chi connectivity index (χ1n) is 8.14. The second-order valence-corrected chi connectivity index (χ2v) is 6.09. The van der Waals surface area contributed by atoms with Gasteiger partial charge >= 0.3 is 0 Å². The Morgan fingerprint density at radius 1 is 0.920 bits per heavy atom. The summed E-state index contributed by atoms with van der Waals surface area (Å²) in [6, 6.07) is 11.1. The molecule has 0 radical (unpaired) electrons. The zero-order chi connectivity index (χ0) is 17.8. The normalized spacial score (nSPS) is 14.6. The molecule has 6 heteroatoms. The molecule has 2 amide bonds. The van der Waals surface area contributed by atoms with E-state index < -0.39 is 23.4 Å². The van der Waals surface area contributed by atoms with E-state index in [0.717, 1.165) is 12.8 Å². The van der Waals surface area contributed by atoms with Crippen molar-refractivity contribution in [2.45, 2.75) is 18.9 Å². The zero-order valence-electron chi connectivity index (χ0n) is 13.5. The Balaban J connectivity index is 1.63. The van der Waals surface area contributed by atoms with Crippen molar-refractivity contribution in [3.05, 3.63) is 71.3 Å². The minimum Gasteiger partial charge on any atom is -0.350 e. The van der Waals surface area contributed by atoms with Crippen molar-refractivity contribution < 1.29 is 18.4 Å². The fourth-order valence-electron chi connectivity index (χ4n) is 2.67. The van der Waals surface area contributed by atoms with Gasteiger partial charge in [-0.15, -0.1) is 0 Å². The number of nitrogens with one attached hydrogen (secondary N) is 2. The van der Waals surface area contributed by atoms with Gasteiger partial charge in [0.05, 0.1) is 11.1 Å². The number of halogens is 2. The van der Waals surface area contributed by atoms with Crippen LogP contribution in [0.5, 0.6) is 0 Å². The van der Waals surface area contributed by atoms with Gasteiger partial charge in [-0.05, 0) is 43.0 Å². The van der Waals surface area contributed by atoms with Gasteiger partial charge in [-0.3, -0.25) is 9.59 Å². The second-order valence-electron chi connectivity index (χ2n) is 6.09. The quantitative estimate of drug-likeness (QED) is 0.847. The molecule has 2 aromatic carbocycles. The van der Waals surface area contributed by atoms with E-state index in [2.05, 4.69) is 10.6 Å². The van der Waals surface area contributed by atoms with Crippen LogP contribution in [0.15, 0.2) is 48.5 Å². The van der Waals surface area contributed by atoms with Crippen molar-refractivity contribution in [3.8, 4) is 0 Å². The molecule has 0 bridgehead atoms. The first kappa shape index (κ1) is 17.1. The summed E-state index contributed by atoms with van der Waals surface area (Å²) in [5.41, 5.74) is -0.0777. The third-order valence-corrected chi connectivity index (χ3v) is 4.23. The molecule has 2 aromatic rings. The predicted octanol–water partition coefficient (Wildman–Crippen LogP) is 2.90. The largest absolute Gasteiger partial charge is 0.350 e. The van der Waals surface area contributed by atoms with Crippen LogP contribution in [0.2, 0.25) is 0 Å². The van der Waals surface area contributed by atoms with Crippen LogP contribution in [0.3, 0.4) is 0 Å². The average Bonchev–Trinajstić information content (AvgIpc) is 3.44. The molecule has 0 unspecified atom stereocenters. The van der Waals surface area contributed by atoms with Crippen molar-refractivity contribution in [2.24, 2.45) is 5.92 Å². The van der Waals surface area contributed by atoms with Gasteiger partial charge in [0.1, 0.15) is 11.6 Å². The maximum Gasteiger partial charge on any atom is 0.254 e. The lowest BCUT2D eigenvalue weighted by atomic mass is 10.1. The first-order chi connectivity index (χ1) is 12.1. The smallest absolute Gasteiger partial charge is 0.254 e. The Labute approximate surface area is 144 Å². The Morgan fingerprint density at radius 3 is 1.96 bits per heavy atom. The van der Waals surface area contributed by atoms with E-state index in [1.807, 2.05) is 0 Å². The fraction of sp³-hybridized carbons (Fsp3) is 0.263. The Morgan fingerprint density at radius 2 is 1.44 bits per heavy atom. The predicted molar refractivity (Wildman–Crippen MR) is 89.1 cm³/mol. The molecule has 0 heterocycles. The van der Waals surface area contributed by atoms with Crippen molar-refractivity contribution in [3.63, 3.8) is 0 Å². The monoisotopic (exact) mass is 344 g/mol. The number of benzene rings is 2. The summed E-state index contributed by atoms with van der Waals surface area (Å²) in [4.78, 5) is 24.4. The summed E-state index contributed by atoms with van der Waals surface area (Å²) in [5, 5.41) is 5.42. The number of hydrogen-bond acceptors (Lipinski definition) is 2. The van der Waals surface area contributed by atoms with Crippen LogP contribution in [0.4, 0.5) is 8.78 Å². The van der Waals surface area contributed by atoms with Gasteiger partial charge in [0, 0.05) is 12.6 Å². The lowest BCUT2D eigenvalue weighted by Gasteiger charge is -2.19. The van der Waals surface area contributed by atoms with Crippen molar-refractivity contribution in [1.29, 1.82) is 0 Å². The van der Waals surface area contributed by atoms with Crippen LogP contribution >= 0.6 is 0 Å². The van der Waals surface area contributed by atoms with Crippen LogP contribution in [-0.4, -0.2) is 24.4 Å². The van der Waals surface area contributed by atoms with Crippen LogP contribution in [-0.2, 0) is 0 Å². The molecule has 1 fully saturated rings. The highest BCUT2D eigenvalue weighted by Crippen LogP contribution is 2.32. The first-order valence-corrected chi connectivity index (χ1v) is 8.14. The molecule has 1 saturated carbocycles. The van der Waals surface area contributed by atoms with Crippen LogP contribution < -0.4 is 10.6 Å². The maximum absolute atomic E-state index is 13.7. The van der Waals surface area contributed by atoms with E-state index in [4.69, 9.17) is 0 Å². The summed E-state index contributed by atoms with van der Waals surface area (Å²) < 4.78 is 27.4. The molecule has 1 aliphatic carbocycles. The summed E-state index contributed by atoms with van der Waals surface area (Å²) in [6.07, 6.45) is 1.86. The summed E-state index contributed by atoms with van der Waals surface area (Å²) >= 11 is 0. The maximum atomic E-state index is 13.7. The summed E-state index contributed by atoms with van der Waals surface area (Å²) in [7, 11) is 0. The van der Waals surface area contributed by atoms with Crippen molar-refractivity contribution >= 4 is 11.8 Å². The topological polar surface area (TPSA) is 58.2 Å². The molecule has 3 rings (SSSR count). The van der Waals surface area contributed by atoms with Gasteiger partial charge in [0.15, 0.2) is 0 Å². The molecule has 0 spiro atoms. The molecule has 130 valence electrons. The molecule has 0 aliphatic heterocycles. The second kappa shape index (κ2) is 7.42. The van der Waals surface area contributed by atoms with Gasteiger partial charge in [0.25, 0.3) is 11.8 Å². The van der Waals surface area contributed by atoms with Gasteiger partial charge in [-0.1, -0.05) is 24.3 Å². The SMILES string of the molecule is O=C(NC[C@H](NC(=O)c1ccccc1F)C1CC1)c1ccccc1F. The zero-order valence-corrected chi connectivity index (χ0v) is 13.5. The molecular formula is C19H18F2N2O2. The molecule has 1 aliphatic rings. The Bertz CT molecular complexity index is 790. The van der Waals surface area contributed by atoms with E-state index in [9.17, 15) is 18.4 Å². The van der Waals surface area contributed by atoms with Crippen LogP contribution in [0, 0.1) is 17.6 Å². The van der Waals surface area contributed by atoms with Crippen LogP contribution in [0.1, 0.15) is 33.6 Å². The highest BCUT2D eigenvalue weighted by molar-refractivity contribution is 5.95. The highest BCUT2D eigenvalue weighted by Gasteiger charge is 2.33. The van der Waals surface area contributed by atoms with E-state index in [-0.39, 0.29) is 29.6 Å². The van der Waals surface area contributed by atoms with E-state index >= 15 is 0 Å². The van der Waals surface area contributed by atoms with E-state index in [1.54, 1.807) is 12.1 Å². The number of carbonyl (C=O) groups excluding carboxylic acids is 2. The Hall–Kier alpha value is -2.76. The molecule has 25 heavy (non-hydrogen) atoms. The minimum absolute atomic E-state index is 0.0337. The Kier molecular flexibility index (Phi) is 5.07. The van der Waals surface area contributed by atoms with E-state index in [1.165, 1.54) is 36.4 Å². The lowest BCUT2D eigenvalue weighted by Crippen LogP contribution is -2.45. The molecule has 1 atom stereocenters. The van der Waals surface area contributed by atoms with Gasteiger partial charge in [-0.2, -0.15) is 0 Å². The summed E-state index contributed by atoms with van der Waals surface area (Å²) in [5.74, 6) is -2.01. The van der Waals surface area contributed by atoms with Gasteiger partial charge < -0.3 is 10.6 Å². The molecule has 0 saturated heterocycles. The fourth-order valence-corrected chi connectivity index (χ4v) is 2.67. The number of amides is 2. The number of rotatable bonds is 6. The van der Waals surface area contributed by atoms with Crippen molar-refractivity contribution in [2.75, 3.05) is 6.54 Å². The van der Waals surface area contributed by atoms with Crippen LogP contribution in [0.25, 0.3) is 0 Å². The van der Waals surface area contributed by atoms with Gasteiger partial charge in [0.2, 0.25) is 0 Å². The third kappa shape index (κ3) is 4.21. The average molecular weight is 344 g/mol. The minimum atomic E-state index is -0.599. The number of hydrogen-bond donors (Lipinski definition) is 2. The summed E-state index contributed by atoms with van der Waals surface area (Å²) in [6.45, 7) is 0.165.